The van der Waals surface area contributed by atoms with E-state index in [1.807, 2.05) is 0 Å². The summed E-state index contributed by atoms with van der Waals surface area (Å²) in [5.74, 6) is -1.07. The number of piperidine rings is 1. The van der Waals surface area contributed by atoms with E-state index in [0.29, 0.717) is 19.6 Å². The summed E-state index contributed by atoms with van der Waals surface area (Å²) in [6, 6.07) is 3.43. The maximum absolute atomic E-state index is 13.1. The van der Waals surface area contributed by atoms with Gasteiger partial charge in [-0.15, -0.1) is 0 Å². The third-order valence-electron chi connectivity index (χ3n) is 4.09. The van der Waals surface area contributed by atoms with Crippen LogP contribution in [0.1, 0.15) is 12.8 Å². The molecule has 0 aliphatic carbocycles. The van der Waals surface area contributed by atoms with Crippen molar-refractivity contribution in [2.75, 3.05) is 40.4 Å². The number of nitrogens with zero attached hydrogens (tertiary/aromatic N) is 2. The van der Waals surface area contributed by atoms with Gasteiger partial charge in [0.05, 0.1) is 19.6 Å². The van der Waals surface area contributed by atoms with Gasteiger partial charge in [-0.1, -0.05) is 0 Å². The van der Waals surface area contributed by atoms with Gasteiger partial charge in [0, 0.05) is 26.2 Å². The van der Waals surface area contributed by atoms with Crippen molar-refractivity contribution < 1.29 is 23.0 Å². The maximum Gasteiger partial charge on any atom is 0.308 e. The molecule has 1 aliphatic rings. The smallest absolute Gasteiger partial charge is 0.308 e. The highest BCUT2D eigenvalue weighted by atomic mass is 19.2. The minimum atomic E-state index is -0.935. The Labute approximate surface area is 145 Å². The second kappa shape index (κ2) is 9.19. The van der Waals surface area contributed by atoms with E-state index in [0.717, 1.165) is 30.9 Å². The number of methoxy groups -OCH3 is 1. The summed E-state index contributed by atoms with van der Waals surface area (Å²) in [5.41, 5.74) is 0. The van der Waals surface area contributed by atoms with Crippen LogP contribution < -0.4 is 10.1 Å². The zero-order valence-corrected chi connectivity index (χ0v) is 14.4. The van der Waals surface area contributed by atoms with Crippen LogP contribution in [-0.2, 0) is 9.53 Å². The fourth-order valence-corrected chi connectivity index (χ4v) is 2.72. The summed E-state index contributed by atoms with van der Waals surface area (Å²) in [6.45, 7) is 2.16. The highest BCUT2D eigenvalue weighted by molar-refractivity contribution is 5.80. The van der Waals surface area contributed by atoms with E-state index >= 15 is 0 Å². The topological polar surface area (TPSA) is 63.2 Å². The molecule has 0 atom stereocenters. The van der Waals surface area contributed by atoms with Gasteiger partial charge in [-0.25, -0.2) is 8.78 Å². The Hall–Kier alpha value is -2.38. The number of carbonyl (C=O) groups excluding carboxylic acids is 1. The molecule has 138 valence electrons. The SMILES string of the molecule is CN=C(NCCOc1ccc(F)c(F)c1)N1CCC(C(=O)OC)CC1. The fourth-order valence-electron chi connectivity index (χ4n) is 2.72. The third-order valence-corrected chi connectivity index (χ3v) is 4.09. The molecule has 0 aromatic heterocycles. The van der Waals surface area contributed by atoms with Crippen LogP contribution >= 0.6 is 0 Å². The number of carbonyl (C=O) groups is 1. The second-order valence-electron chi connectivity index (χ2n) is 5.68. The molecule has 0 radical (unpaired) electrons. The molecule has 1 aromatic carbocycles. The number of guanidine groups is 1. The van der Waals surface area contributed by atoms with Gasteiger partial charge in [0.1, 0.15) is 12.4 Å². The molecule has 0 spiro atoms. The first-order valence-corrected chi connectivity index (χ1v) is 8.16. The minimum Gasteiger partial charge on any atom is -0.492 e. The van der Waals surface area contributed by atoms with Gasteiger partial charge in [-0.3, -0.25) is 9.79 Å². The summed E-state index contributed by atoms with van der Waals surface area (Å²) in [6.07, 6.45) is 1.44. The number of aliphatic imine (C=N–C) groups is 1. The van der Waals surface area contributed by atoms with Crippen LogP contribution in [-0.4, -0.2) is 57.2 Å². The summed E-state index contributed by atoms with van der Waals surface area (Å²) in [4.78, 5) is 17.8. The highest BCUT2D eigenvalue weighted by Gasteiger charge is 2.26. The molecule has 25 heavy (non-hydrogen) atoms. The van der Waals surface area contributed by atoms with E-state index in [1.165, 1.54) is 13.2 Å². The third kappa shape index (κ3) is 5.30. The molecular formula is C17H23F2N3O3. The van der Waals surface area contributed by atoms with Crippen molar-refractivity contribution in [1.82, 2.24) is 10.2 Å². The summed E-state index contributed by atoms with van der Waals surface area (Å²) >= 11 is 0. The first-order chi connectivity index (χ1) is 12.0. The first-order valence-electron chi connectivity index (χ1n) is 8.16. The van der Waals surface area contributed by atoms with Gasteiger partial charge in [-0.2, -0.15) is 0 Å². The second-order valence-corrected chi connectivity index (χ2v) is 5.68. The van der Waals surface area contributed by atoms with Crippen molar-refractivity contribution in [2.24, 2.45) is 10.9 Å². The van der Waals surface area contributed by atoms with E-state index in [4.69, 9.17) is 9.47 Å². The summed E-state index contributed by atoms with van der Waals surface area (Å²) in [5, 5.41) is 3.16. The van der Waals surface area contributed by atoms with Crippen LogP contribution in [0.4, 0.5) is 8.78 Å². The molecule has 1 heterocycles. The van der Waals surface area contributed by atoms with E-state index in [1.54, 1.807) is 7.05 Å². The normalized spacial score (nSPS) is 15.8. The van der Waals surface area contributed by atoms with Crippen molar-refractivity contribution in [3.05, 3.63) is 29.8 Å². The minimum absolute atomic E-state index is 0.0592. The van der Waals surface area contributed by atoms with Crippen molar-refractivity contribution >= 4 is 11.9 Å². The standard InChI is InChI=1S/C17H23F2N3O3/c1-20-17(22-8-5-12(6-9-22)16(23)24-2)21-7-10-25-13-3-4-14(18)15(19)11-13/h3-4,11-12H,5-10H2,1-2H3,(H,20,21). The Balaban J connectivity index is 1.74. The summed E-state index contributed by atoms with van der Waals surface area (Å²) in [7, 11) is 3.09. The molecule has 1 aromatic rings. The van der Waals surface area contributed by atoms with Gasteiger partial charge in [0.15, 0.2) is 17.6 Å². The number of likely N-dealkylation sites (tertiary alicyclic amines) is 1. The van der Waals surface area contributed by atoms with E-state index in [-0.39, 0.29) is 24.2 Å². The molecule has 0 unspecified atom stereocenters. The number of halogens is 2. The van der Waals surface area contributed by atoms with Gasteiger partial charge in [-0.05, 0) is 25.0 Å². The fraction of sp³-hybridized carbons (Fsp3) is 0.529. The molecule has 8 heteroatoms. The molecular weight excluding hydrogens is 332 g/mol. The zero-order chi connectivity index (χ0) is 18.2. The molecule has 0 bridgehead atoms. The average molecular weight is 355 g/mol. The van der Waals surface area contributed by atoms with Crippen molar-refractivity contribution in [1.29, 1.82) is 0 Å². The molecule has 1 aliphatic heterocycles. The molecule has 0 saturated carbocycles. The molecule has 1 fully saturated rings. The molecule has 6 nitrogen and oxygen atoms in total. The number of hydrogen-bond donors (Lipinski definition) is 1. The number of esters is 1. The molecule has 1 N–H and O–H groups in total. The Morgan fingerprint density at radius 3 is 2.64 bits per heavy atom. The van der Waals surface area contributed by atoms with Crippen LogP contribution in [0.5, 0.6) is 5.75 Å². The van der Waals surface area contributed by atoms with Crippen LogP contribution in [0.25, 0.3) is 0 Å². The molecule has 2 rings (SSSR count). The van der Waals surface area contributed by atoms with Gasteiger partial charge in [0.2, 0.25) is 0 Å². The summed E-state index contributed by atoms with van der Waals surface area (Å²) < 4.78 is 36.1. The lowest BCUT2D eigenvalue weighted by Crippen LogP contribution is -2.47. The van der Waals surface area contributed by atoms with Crippen LogP contribution in [0.15, 0.2) is 23.2 Å². The number of benzene rings is 1. The Morgan fingerprint density at radius 2 is 2.04 bits per heavy atom. The lowest BCUT2D eigenvalue weighted by molar-refractivity contribution is -0.146. The molecule has 0 amide bonds. The van der Waals surface area contributed by atoms with Gasteiger partial charge in [0.25, 0.3) is 0 Å². The lowest BCUT2D eigenvalue weighted by Gasteiger charge is -2.33. The number of nitrogens with one attached hydrogen (secondary N) is 1. The lowest BCUT2D eigenvalue weighted by atomic mass is 9.97. The monoisotopic (exact) mass is 355 g/mol. The van der Waals surface area contributed by atoms with E-state index in [9.17, 15) is 13.6 Å². The average Bonchev–Trinajstić information content (AvgIpc) is 2.64. The van der Waals surface area contributed by atoms with E-state index in [2.05, 4.69) is 15.2 Å². The van der Waals surface area contributed by atoms with Crippen molar-refractivity contribution in [2.45, 2.75) is 12.8 Å². The van der Waals surface area contributed by atoms with Gasteiger partial charge < -0.3 is 19.7 Å². The number of hydrogen-bond acceptors (Lipinski definition) is 4. The van der Waals surface area contributed by atoms with Crippen LogP contribution in [0.3, 0.4) is 0 Å². The zero-order valence-electron chi connectivity index (χ0n) is 14.4. The van der Waals surface area contributed by atoms with Crippen molar-refractivity contribution in [3.63, 3.8) is 0 Å². The number of rotatable bonds is 5. The molecule has 1 saturated heterocycles. The first kappa shape index (κ1) is 19.0. The van der Waals surface area contributed by atoms with Crippen molar-refractivity contribution in [3.8, 4) is 5.75 Å². The van der Waals surface area contributed by atoms with Crippen LogP contribution in [0.2, 0.25) is 0 Å². The quantitative estimate of drug-likeness (QED) is 0.378. The predicted molar refractivity (Wildman–Crippen MR) is 89.5 cm³/mol. The Kier molecular flexibility index (Phi) is 6.97. The Morgan fingerprint density at radius 1 is 1.32 bits per heavy atom. The highest BCUT2D eigenvalue weighted by Crippen LogP contribution is 2.18. The number of ether oxygens (including phenoxy) is 2. The maximum atomic E-state index is 13.1. The Bertz CT molecular complexity index is 617. The van der Waals surface area contributed by atoms with Gasteiger partial charge >= 0.3 is 5.97 Å². The van der Waals surface area contributed by atoms with E-state index < -0.39 is 11.6 Å². The predicted octanol–water partition coefficient (Wildman–Crippen LogP) is 1.80. The van der Waals surface area contributed by atoms with Crippen LogP contribution in [0, 0.1) is 17.6 Å². The largest absolute Gasteiger partial charge is 0.492 e.